The van der Waals surface area contributed by atoms with Gasteiger partial charge in [-0.15, -0.1) is 0 Å². The van der Waals surface area contributed by atoms with Crippen molar-refractivity contribution in [1.82, 2.24) is 28.2 Å². The van der Waals surface area contributed by atoms with Crippen LogP contribution in [-0.4, -0.2) is 28.2 Å². The fraction of sp³-hybridized carbons (Fsp3) is 0. The van der Waals surface area contributed by atoms with Crippen molar-refractivity contribution in [2.24, 2.45) is 0 Å². The number of nitrogens with zero attached hydrogens (tertiary/aromatic N) is 6. The van der Waals surface area contributed by atoms with Gasteiger partial charge in [-0.3, -0.25) is 0 Å². The van der Waals surface area contributed by atoms with Gasteiger partial charge in [0.1, 0.15) is 0 Å². The van der Waals surface area contributed by atoms with Crippen LogP contribution < -0.4 is 0 Å². The third kappa shape index (κ3) is 7.01. The summed E-state index contributed by atoms with van der Waals surface area (Å²) >= 11 is 0. The standard InChI is InChI=1S/C76H48N6/c1-3-21-49(22-4-1)64-48-65(78-76(77-64)50-23-5-2-6-24-50)51-39-42-61(60-31-13-20-38-72(60)81-70-36-18-11-29-58(70)59-30-12-19-37-71(59)81)75(45-51)82-73-43-40-52(79-66-32-14-7-25-54(66)55-26-8-15-33-67(55)79)46-62(73)63-47-53(41-44-74(63)82)80-68-34-16-9-27-56(68)57-28-10-17-35-69(57)80/h1-48H. The van der Waals surface area contributed by atoms with Crippen LogP contribution in [0.2, 0.25) is 0 Å². The molecule has 0 spiro atoms. The third-order valence-corrected chi connectivity index (χ3v) is 16.8. The molecule has 6 heteroatoms. The molecule has 0 amide bonds. The van der Waals surface area contributed by atoms with E-state index in [-0.39, 0.29) is 0 Å². The van der Waals surface area contributed by atoms with Gasteiger partial charge in [0.25, 0.3) is 0 Å². The lowest BCUT2D eigenvalue weighted by atomic mass is 9.97. The molecule has 0 bridgehead atoms. The van der Waals surface area contributed by atoms with Crippen molar-refractivity contribution >= 4 is 87.2 Å². The highest BCUT2D eigenvalue weighted by Crippen LogP contribution is 2.45. The van der Waals surface area contributed by atoms with Crippen molar-refractivity contribution in [1.29, 1.82) is 0 Å². The van der Waals surface area contributed by atoms with E-state index in [1.807, 2.05) is 6.07 Å². The van der Waals surface area contributed by atoms with Gasteiger partial charge in [-0.05, 0) is 91.0 Å². The Kier molecular flexibility index (Phi) is 10.2. The molecule has 0 saturated carbocycles. The topological polar surface area (TPSA) is 45.5 Å². The summed E-state index contributed by atoms with van der Waals surface area (Å²) in [7, 11) is 0. The van der Waals surface area contributed by atoms with Crippen molar-refractivity contribution in [3.05, 3.63) is 291 Å². The van der Waals surface area contributed by atoms with E-state index in [2.05, 4.69) is 303 Å². The molecular weight excluding hydrogens is 997 g/mol. The molecule has 5 heterocycles. The van der Waals surface area contributed by atoms with Crippen LogP contribution >= 0.6 is 0 Å². The van der Waals surface area contributed by atoms with E-state index in [1.165, 1.54) is 54.4 Å². The Morgan fingerprint density at radius 3 is 1.04 bits per heavy atom. The molecule has 17 rings (SSSR count). The Morgan fingerprint density at radius 2 is 0.561 bits per heavy atom. The number of hydrogen-bond donors (Lipinski definition) is 0. The highest BCUT2D eigenvalue weighted by atomic mass is 15.0. The zero-order chi connectivity index (χ0) is 53.8. The van der Waals surface area contributed by atoms with Gasteiger partial charge in [0, 0.05) is 82.3 Å². The summed E-state index contributed by atoms with van der Waals surface area (Å²) in [5.41, 5.74) is 20.3. The molecule has 82 heavy (non-hydrogen) atoms. The van der Waals surface area contributed by atoms with Crippen LogP contribution in [0, 0.1) is 0 Å². The highest BCUT2D eigenvalue weighted by Gasteiger charge is 2.24. The molecule has 0 N–H and O–H groups in total. The Balaban J connectivity index is 0.983. The van der Waals surface area contributed by atoms with Crippen LogP contribution in [0.25, 0.3) is 155 Å². The largest absolute Gasteiger partial charge is 0.309 e. The van der Waals surface area contributed by atoms with Crippen molar-refractivity contribution in [3.8, 4) is 67.8 Å². The van der Waals surface area contributed by atoms with E-state index < -0.39 is 0 Å². The van der Waals surface area contributed by atoms with E-state index in [9.17, 15) is 0 Å². The molecule has 0 fully saturated rings. The number of para-hydroxylation sites is 7. The lowest BCUT2D eigenvalue weighted by Gasteiger charge is -2.20. The minimum absolute atomic E-state index is 0.673. The second kappa shape index (κ2) is 18.2. The van der Waals surface area contributed by atoms with Gasteiger partial charge < -0.3 is 18.3 Å². The molecule has 17 aromatic rings. The van der Waals surface area contributed by atoms with Crippen molar-refractivity contribution in [2.45, 2.75) is 0 Å². The first kappa shape index (κ1) is 45.9. The molecular formula is C76H48N6. The fourth-order valence-electron chi connectivity index (χ4n) is 13.2. The molecule has 0 aliphatic rings. The molecule has 0 aliphatic heterocycles. The molecule has 5 aromatic heterocycles. The average Bonchev–Trinajstić information content (AvgIpc) is 4.48. The van der Waals surface area contributed by atoms with Gasteiger partial charge in [0.15, 0.2) is 5.82 Å². The number of rotatable bonds is 8. The van der Waals surface area contributed by atoms with E-state index >= 15 is 0 Å². The number of aromatic nitrogens is 6. The predicted octanol–water partition coefficient (Wildman–Crippen LogP) is 19.5. The monoisotopic (exact) mass is 1040 g/mol. The summed E-state index contributed by atoms with van der Waals surface area (Å²) in [4.78, 5) is 10.6. The second-order valence-corrected chi connectivity index (χ2v) is 21.3. The highest BCUT2D eigenvalue weighted by molar-refractivity contribution is 6.15. The molecule has 382 valence electrons. The van der Waals surface area contributed by atoms with Crippen LogP contribution in [0.5, 0.6) is 0 Å². The van der Waals surface area contributed by atoms with Gasteiger partial charge in [-0.25, -0.2) is 9.97 Å². The van der Waals surface area contributed by atoms with Gasteiger partial charge in [-0.1, -0.05) is 200 Å². The van der Waals surface area contributed by atoms with E-state index in [0.717, 1.165) is 94.8 Å². The average molecular weight is 1050 g/mol. The SMILES string of the molecule is c1ccc(-c2cc(-c3ccc(-c4ccccc4-n4c5ccccc5c5ccccc54)c(-n4c5ccc(-n6c7ccccc7c7ccccc76)cc5c5cc(-n6c7ccccc7c7ccccc76)ccc54)c3)nc(-c3ccccc3)n2)cc1. The molecule has 0 radical (unpaired) electrons. The molecule has 0 unspecified atom stereocenters. The quantitative estimate of drug-likeness (QED) is 0.152. The summed E-state index contributed by atoms with van der Waals surface area (Å²) in [5.74, 6) is 0.673. The first-order valence-corrected chi connectivity index (χ1v) is 28.0. The van der Waals surface area contributed by atoms with Gasteiger partial charge in [-0.2, -0.15) is 0 Å². The smallest absolute Gasteiger partial charge is 0.160 e. The molecule has 0 saturated heterocycles. The summed E-state index contributed by atoms with van der Waals surface area (Å²) in [6.07, 6.45) is 0. The Hall–Kier alpha value is -11.1. The first-order chi connectivity index (χ1) is 40.7. The van der Waals surface area contributed by atoms with Crippen LogP contribution in [0.1, 0.15) is 0 Å². The summed E-state index contributed by atoms with van der Waals surface area (Å²) in [6, 6.07) is 106. The van der Waals surface area contributed by atoms with Gasteiger partial charge in [0.2, 0.25) is 0 Å². The lowest BCUT2D eigenvalue weighted by molar-refractivity contribution is 1.15. The van der Waals surface area contributed by atoms with Crippen molar-refractivity contribution in [2.75, 3.05) is 0 Å². The molecule has 0 atom stereocenters. The first-order valence-electron chi connectivity index (χ1n) is 28.0. The van der Waals surface area contributed by atoms with Crippen LogP contribution in [0.3, 0.4) is 0 Å². The van der Waals surface area contributed by atoms with E-state index in [4.69, 9.17) is 9.97 Å². The van der Waals surface area contributed by atoms with Crippen LogP contribution in [0.4, 0.5) is 0 Å². The Bertz CT molecular complexity index is 5020. The molecule has 12 aromatic carbocycles. The maximum atomic E-state index is 5.42. The molecule has 6 nitrogen and oxygen atoms in total. The number of hydrogen-bond acceptors (Lipinski definition) is 2. The molecule has 0 aliphatic carbocycles. The second-order valence-electron chi connectivity index (χ2n) is 21.3. The van der Waals surface area contributed by atoms with Crippen LogP contribution in [-0.2, 0) is 0 Å². The zero-order valence-corrected chi connectivity index (χ0v) is 44.4. The normalized spacial score (nSPS) is 11.9. The summed E-state index contributed by atoms with van der Waals surface area (Å²) in [6.45, 7) is 0. The lowest BCUT2D eigenvalue weighted by Crippen LogP contribution is -2.03. The third-order valence-electron chi connectivity index (χ3n) is 16.8. The summed E-state index contributed by atoms with van der Waals surface area (Å²) < 4.78 is 9.82. The number of fused-ring (bicyclic) bond motifs is 12. The summed E-state index contributed by atoms with van der Waals surface area (Å²) in [5, 5.41) is 9.64. The Morgan fingerprint density at radius 1 is 0.207 bits per heavy atom. The van der Waals surface area contributed by atoms with E-state index in [0.29, 0.717) is 5.82 Å². The van der Waals surface area contributed by atoms with Crippen molar-refractivity contribution < 1.29 is 0 Å². The maximum Gasteiger partial charge on any atom is 0.160 e. The number of benzene rings is 12. The fourth-order valence-corrected chi connectivity index (χ4v) is 13.2. The zero-order valence-electron chi connectivity index (χ0n) is 44.4. The van der Waals surface area contributed by atoms with E-state index in [1.54, 1.807) is 0 Å². The minimum Gasteiger partial charge on any atom is -0.309 e. The van der Waals surface area contributed by atoms with Gasteiger partial charge >= 0.3 is 0 Å². The predicted molar refractivity (Wildman–Crippen MR) is 341 cm³/mol. The Labute approximate surface area is 471 Å². The minimum atomic E-state index is 0.673. The van der Waals surface area contributed by atoms with Gasteiger partial charge in [0.05, 0.1) is 66.9 Å². The maximum absolute atomic E-state index is 5.42. The van der Waals surface area contributed by atoms with Crippen molar-refractivity contribution in [3.63, 3.8) is 0 Å². The van der Waals surface area contributed by atoms with Crippen LogP contribution in [0.15, 0.2) is 291 Å².